The number of hydrogen-bond acceptors (Lipinski definition) is 3. The zero-order valence-corrected chi connectivity index (χ0v) is 18.0. The van der Waals surface area contributed by atoms with Crippen LogP contribution in [0.1, 0.15) is 22.8 Å². The molecular formula is C20H27IN4O2. The van der Waals surface area contributed by atoms with Crippen LogP contribution in [0.15, 0.2) is 59.6 Å². The van der Waals surface area contributed by atoms with E-state index in [-0.39, 0.29) is 29.9 Å². The van der Waals surface area contributed by atoms with Crippen molar-refractivity contribution in [2.45, 2.75) is 13.5 Å². The Hall–Kier alpha value is -2.29. The van der Waals surface area contributed by atoms with Crippen molar-refractivity contribution in [2.24, 2.45) is 4.99 Å². The van der Waals surface area contributed by atoms with Crippen LogP contribution < -0.4 is 20.7 Å². The highest BCUT2D eigenvalue weighted by atomic mass is 127. The summed E-state index contributed by atoms with van der Waals surface area (Å²) in [5.41, 5.74) is 1.73. The maximum atomic E-state index is 12.0. The summed E-state index contributed by atoms with van der Waals surface area (Å²) >= 11 is 0. The van der Waals surface area contributed by atoms with Crippen LogP contribution in [0.25, 0.3) is 0 Å². The van der Waals surface area contributed by atoms with Crippen molar-refractivity contribution in [3.05, 3.63) is 65.7 Å². The number of aliphatic imine (C=N–C) groups is 1. The van der Waals surface area contributed by atoms with Gasteiger partial charge in [0.2, 0.25) is 0 Å². The lowest BCUT2D eigenvalue weighted by Crippen LogP contribution is -2.41. The second kappa shape index (κ2) is 13.0. The van der Waals surface area contributed by atoms with E-state index in [4.69, 9.17) is 4.74 Å². The number of nitrogens with one attached hydrogen (secondary N) is 3. The van der Waals surface area contributed by atoms with Crippen molar-refractivity contribution in [3.8, 4) is 5.75 Å². The lowest BCUT2D eigenvalue weighted by Gasteiger charge is -2.12. The summed E-state index contributed by atoms with van der Waals surface area (Å²) in [6.07, 6.45) is 0. The molecular weight excluding hydrogens is 455 g/mol. The minimum absolute atomic E-state index is 0. The highest BCUT2D eigenvalue weighted by molar-refractivity contribution is 14.0. The molecule has 0 aliphatic rings. The summed E-state index contributed by atoms with van der Waals surface area (Å²) in [7, 11) is 1.65. The average molecular weight is 482 g/mol. The van der Waals surface area contributed by atoms with Crippen molar-refractivity contribution in [3.63, 3.8) is 0 Å². The third kappa shape index (κ3) is 8.29. The lowest BCUT2D eigenvalue weighted by molar-refractivity contribution is 0.0954. The molecule has 0 spiro atoms. The van der Waals surface area contributed by atoms with Gasteiger partial charge in [0.05, 0.1) is 13.7 Å². The molecule has 0 unspecified atom stereocenters. The first-order valence-electron chi connectivity index (χ1n) is 8.71. The molecule has 0 aliphatic heterocycles. The molecule has 1 amide bonds. The highest BCUT2D eigenvalue weighted by Gasteiger charge is 2.03. The van der Waals surface area contributed by atoms with Crippen LogP contribution >= 0.6 is 24.0 Å². The van der Waals surface area contributed by atoms with Crippen molar-refractivity contribution >= 4 is 35.8 Å². The number of methoxy groups -OCH3 is 1. The normalized spacial score (nSPS) is 10.5. The fraction of sp³-hybridized carbons (Fsp3) is 0.300. The molecule has 0 atom stereocenters. The number of amides is 1. The van der Waals surface area contributed by atoms with Gasteiger partial charge in [-0.05, 0) is 36.8 Å². The van der Waals surface area contributed by atoms with E-state index in [0.29, 0.717) is 31.2 Å². The van der Waals surface area contributed by atoms with Gasteiger partial charge in [0.1, 0.15) is 5.75 Å². The van der Waals surface area contributed by atoms with E-state index in [0.717, 1.165) is 17.9 Å². The SMILES string of the molecule is CCNC(=NCc1cccc(OC)c1)NCCNC(=O)c1ccccc1.I. The Labute approximate surface area is 177 Å². The van der Waals surface area contributed by atoms with Crippen molar-refractivity contribution in [2.75, 3.05) is 26.7 Å². The molecule has 0 aromatic heterocycles. The maximum Gasteiger partial charge on any atom is 0.251 e. The Morgan fingerprint density at radius 1 is 1.00 bits per heavy atom. The number of nitrogens with zero attached hydrogens (tertiary/aromatic N) is 1. The van der Waals surface area contributed by atoms with E-state index in [1.54, 1.807) is 19.2 Å². The van der Waals surface area contributed by atoms with Gasteiger partial charge in [-0.25, -0.2) is 4.99 Å². The Bertz CT molecular complexity index is 723. The number of rotatable bonds is 8. The number of hydrogen-bond donors (Lipinski definition) is 3. The fourth-order valence-electron chi connectivity index (χ4n) is 2.33. The molecule has 6 nitrogen and oxygen atoms in total. The number of carbonyl (C=O) groups excluding carboxylic acids is 1. The smallest absolute Gasteiger partial charge is 0.251 e. The molecule has 0 heterocycles. The van der Waals surface area contributed by atoms with Crippen molar-refractivity contribution < 1.29 is 9.53 Å². The summed E-state index contributed by atoms with van der Waals surface area (Å²) in [4.78, 5) is 16.5. The van der Waals surface area contributed by atoms with Crippen LogP contribution in [0.4, 0.5) is 0 Å². The third-order valence-electron chi connectivity index (χ3n) is 3.64. The molecule has 2 rings (SSSR count). The molecule has 0 saturated heterocycles. The van der Waals surface area contributed by atoms with Crippen LogP contribution in [0.3, 0.4) is 0 Å². The van der Waals surface area contributed by atoms with Gasteiger partial charge < -0.3 is 20.7 Å². The zero-order valence-electron chi connectivity index (χ0n) is 15.7. The number of benzene rings is 2. The summed E-state index contributed by atoms with van der Waals surface area (Å²) in [6, 6.07) is 17.0. The second-order valence-corrected chi connectivity index (χ2v) is 5.60. The molecule has 146 valence electrons. The van der Waals surface area contributed by atoms with Crippen LogP contribution in [0.5, 0.6) is 5.75 Å². The monoisotopic (exact) mass is 482 g/mol. The second-order valence-electron chi connectivity index (χ2n) is 5.60. The number of halogens is 1. The first-order chi connectivity index (χ1) is 12.7. The number of ether oxygens (including phenoxy) is 1. The predicted molar refractivity (Wildman–Crippen MR) is 120 cm³/mol. The van der Waals surface area contributed by atoms with E-state index in [9.17, 15) is 4.79 Å². The minimum atomic E-state index is -0.0780. The van der Waals surface area contributed by atoms with Gasteiger partial charge in [-0.15, -0.1) is 24.0 Å². The summed E-state index contributed by atoms with van der Waals surface area (Å²) in [5.74, 6) is 1.45. The van der Waals surface area contributed by atoms with Gasteiger partial charge in [0, 0.05) is 25.2 Å². The van der Waals surface area contributed by atoms with Gasteiger partial charge in [-0.3, -0.25) is 4.79 Å². The van der Waals surface area contributed by atoms with Gasteiger partial charge >= 0.3 is 0 Å². The van der Waals surface area contributed by atoms with E-state index >= 15 is 0 Å². The van der Waals surface area contributed by atoms with Crippen LogP contribution in [0, 0.1) is 0 Å². The fourth-order valence-corrected chi connectivity index (χ4v) is 2.33. The molecule has 0 fully saturated rings. The quantitative estimate of drug-likeness (QED) is 0.234. The third-order valence-corrected chi connectivity index (χ3v) is 3.64. The Balaban J connectivity index is 0.00000364. The summed E-state index contributed by atoms with van der Waals surface area (Å²) < 4.78 is 5.23. The largest absolute Gasteiger partial charge is 0.497 e. The number of guanidine groups is 1. The molecule has 2 aromatic rings. The zero-order chi connectivity index (χ0) is 18.6. The van der Waals surface area contributed by atoms with Crippen LogP contribution in [-0.2, 0) is 6.54 Å². The van der Waals surface area contributed by atoms with E-state index < -0.39 is 0 Å². The topological polar surface area (TPSA) is 74.8 Å². The molecule has 0 radical (unpaired) electrons. The molecule has 0 saturated carbocycles. The molecule has 7 heteroatoms. The minimum Gasteiger partial charge on any atom is -0.497 e. The van der Waals surface area contributed by atoms with E-state index in [1.807, 2.05) is 49.4 Å². The van der Waals surface area contributed by atoms with E-state index in [1.165, 1.54) is 0 Å². The lowest BCUT2D eigenvalue weighted by atomic mass is 10.2. The van der Waals surface area contributed by atoms with Gasteiger partial charge in [0.25, 0.3) is 5.91 Å². The molecule has 3 N–H and O–H groups in total. The van der Waals surface area contributed by atoms with E-state index in [2.05, 4.69) is 20.9 Å². The highest BCUT2D eigenvalue weighted by Crippen LogP contribution is 2.13. The predicted octanol–water partition coefficient (Wildman–Crippen LogP) is 2.80. The van der Waals surface area contributed by atoms with Gasteiger partial charge in [-0.1, -0.05) is 30.3 Å². The standard InChI is InChI=1S/C20H26N4O2.HI/c1-3-21-20(24-15-16-8-7-11-18(14-16)26-2)23-13-12-22-19(25)17-9-5-4-6-10-17;/h4-11,14H,3,12-13,15H2,1-2H3,(H,22,25)(H2,21,23,24);1H. The van der Waals surface area contributed by atoms with Crippen LogP contribution in [-0.4, -0.2) is 38.6 Å². The first kappa shape index (κ1) is 22.8. The Morgan fingerprint density at radius 3 is 2.44 bits per heavy atom. The van der Waals surface area contributed by atoms with Crippen molar-refractivity contribution in [1.82, 2.24) is 16.0 Å². The van der Waals surface area contributed by atoms with Gasteiger partial charge in [-0.2, -0.15) is 0 Å². The molecule has 27 heavy (non-hydrogen) atoms. The molecule has 2 aromatic carbocycles. The first-order valence-corrected chi connectivity index (χ1v) is 8.71. The molecule has 0 aliphatic carbocycles. The average Bonchev–Trinajstić information content (AvgIpc) is 2.69. The number of carbonyl (C=O) groups is 1. The molecule has 0 bridgehead atoms. The summed E-state index contributed by atoms with van der Waals surface area (Å²) in [5, 5.41) is 9.30. The maximum absolute atomic E-state index is 12.0. The van der Waals surface area contributed by atoms with Crippen LogP contribution in [0.2, 0.25) is 0 Å². The Morgan fingerprint density at radius 2 is 1.74 bits per heavy atom. The summed E-state index contributed by atoms with van der Waals surface area (Å²) in [6.45, 7) is 4.42. The van der Waals surface area contributed by atoms with Crippen molar-refractivity contribution in [1.29, 1.82) is 0 Å². The Kier molecular flexibility index (Phi) is 10.9. The van der Waals surface area contributed by atoms with Gasteiger partial charge in [0.15, 0.2) is 5.96 Å².